The Labute approximate surface area is 501 Å². The summed E-state index contributed by atoms with van der Waals surface area (Å²) < 4.78 is 5.51. The highest BCUT2D eigenvalue weighted by atomic mass is 16.5. The molecule has 0 saturated heterocycles. The molecule has 0 aliphatic rings. The summed E-state index contributed by atoms with van der Waals surface area (Å²) in [5.41, 5.74) is 0. The number of esters is 1. The van der Waals surface area contributed by atoms with E-state index >= 15 is 0 Å². The van der Waals surface area contributed by atoms with Gasteiger partial charge in [0.25, 0.3) is 0 Å². The lowest BCUT2D eigenvalue weighted by atomic mass is 10.0. The lowest BCUT2D eigenvalue weighted by Gasteiger charge is -2.20. The van der Waals surface area contributed by atoms with Crippen LogP contribution in [-0.2, 0) is 14.3 Å². The molecule has 0 spiro atoms. The van der Waals surface area contributed by atoms with Crippen molar-refractivity contribution in [2.24, 2.45) is 0 Å². The first kappa shape index (κ1) is 78.3. The predicted octanol–water partition coefficient (Wildman–Crippen LogP) is 23.7. The summed E-state index contributed by atoms with van der Waals surface area (Å²) in [5, 5.41) is 23.1. The largest absolute Gasteiger partial charge is 0.466 e. The topological polar surface area (TPSA) is 95.9 Å². The molecule has 0 aromatic carbocycles. The van der Waals surface area contributed by atoms with Gasteiger partial charge in [0.1, 0.15) is 0 Å². The van der Waals surface area contributed by atoms with Gasteiger partial charge in [-0.15, -0.1) is 0 Å². The van der Waals surface area contributed by atoms with Gasteiger partial charge in [-0.3, -0.25) is 9.59 Å². The van der Waals surface area contributed by atoms with E-state index in [4.69, 9.17) is 4.74 Å². The first-order valence-electron chi connectivity index (χ1n) is 36.6. The quantitative estimate of drug-likeness (QED) is 0.0320. The minimum atomic E-state index is -0.839. The molecule has 0 aromatic heterocycles. The zero-order chi connectivity index (χ0) is 57.8. The highest BCUT2D eigenvalue weighted by molar-refractivity contribution is 5.76. The highest BCUT2D eigenvalue weighted by Crippen LogP contribution is 2.19. The summed E-state index contributed by atoms with van der Waals surface area (Å²) in [7, 11) is 0. The summed E-state index contributed by atoms with van der Waals surface area (Å²) in [6, 6.07) is -0.622. The average Bonchev–Trinajstić information content (AvgIpc) is 3.46. The molecule has 0 fully saturated rings. The number of ether oxygens (including phenoxy) is 1. The number of carbonyl (C=O) groups excluding carboxylic acids is 2. The SMILES string of the molecule is CCCCCCCC/C=C\CCCCCCCCCC(=O)OCCCCCCCCCCCCCCCCCCCCCCCCCCCCCCCCCCCCCC(=O)NC(CO)C(O)/C=C/CCCCCCCCCCC. The molecular formula is C74H143NO5. The molecule has 80 heavy (non-hydrogen) atoms. The van der Waals surface area contributed by atoms with Crippen molar-refractivity contribution in [2.75, 3.05) is 13.2 Å². The van der Waals surface area contributed by atoms with E-state index in [1.165, 1.54) is 347 Å². The van der Waals surface area contributed by atoms with Crippen molar-refractivity contribution in [3.8, 4) is 0 Å². The molecule has 0 saturated carbocycles. The Kier molecular flexibility index (Phi) is 68.4. The van der Waals surface area contributed by atoms with E-state index in [0.29, 0.717) is 19.4 Å². The summed E-state index contributed by atoms with van der Waals surface area (Å²) in [4.78, 5) is 24.5. The van der Waals surface area contributed by atoms with E-state index in [1.807, 2.05) is 6.08 Å². The van der Waals surface area contributed by atoms with Gasteiger partial charge in [-0.1, -0.05) is 366 Å². The van der Waals surface area contributed by atoms with Crippen LogP contribution in [0.1, 0.15) is 412 Å². The number of hydrogen-bond donors (Lipinski definition) is 3. The summed E-state index contributed by atoms with van der Waals surface area (Å²) >= 11 is 0. The summed E-state index contributed by atoms with van der Waals surface area (Å²) in [6.45, 7) is 4.92. The molecule has 0 rings (SSSR count). The molecule has 0 aliphatic carbocycles. The predicted molar refractivity (Wildman–Crippen MR) is 352 cm³/mol. The monoisotopic (exact) mass is 1130 g/mol. The Balaban J connectivity index is 3.29. The maximum absolute atomic E-state index is 12.4. The number of allylic oxidation sites excluding steroid dienone is 3. The van der Waals surface area contributed by atoms with E-state index in [0.717, 1.165) is 38.5 Å². The molecule has 2 atom stereocenters. The first-order chi connectivity index (χ1) is 39.5. The van der Waals surface area contributed by atoms with E-state index in [-0.39, 0.29) is 18.5 Å². The van der Waals surface area contributed by atoms with Crippen molar-refractivity contribution < 1.29 is 24.5 Å². The fourth-order valence-electron chi connectivity index (χ4n) is 11.6. The van der Waals surface area contributed by atoms with Gasteiger partial charge in [-0.05, 0) is 57.8 Å². The standard InChI is InChI=1S/C74H143NO5/c1-3-5-7-9-11-13-15-16-17-37-41-44-48-52-56-60-64-68-74(79)80-69-65-61-57-53-49-45-42-39-36-34-32-30-28-26-24-22-20-18-19-21-23-25-27-29-31-33-35-38-40-43-47-51-55-59-63-67-73(78)75-71(70-76)72(77)66-62-58-54-50-46-14-12-10-8-6-4-2/h16-17,62,66,71-72,76-77H,3-15,18-61,63-65,67-70H2,1-2H3,(H,75,78)/b17-16-,66-62+. The van der Waals surface area contributed by atoms with E-state index in [2.05, 4.69) is 31.3 Å². The fraction of sp³-hybridized carbons (Fsp3) is 0.919. The zero-order valence-corrected chi connectivity index (χ0v) is 54.3. The van der Waals surface area contributed by atoms with Gasteiger partial charge in [-0.2, -0.15) is 0 Å². The van der Waals surface area contributed by atoms with Gasteiger partial charge in [0.05, 0.1) is 25.4 Å². The number of hydrogen-bond acceptors (Lipinski definition) is 5. The molecular weight excluding hydrogens is 983 g/mol. The van der Waals surface area contributed by atoms with Gasteiger partial charge >= 0.3 is 5.97 Å². The fourth-order valence-corrected chi connectivity index (χ4v) is 11.6. The Morgan fingerprint density at radius 3 is 0.887 bits per heavy atom. The van der Waals surface area contributed by atoms with E-state index in [9.17, 15) is 19.8 Å². The van der Waals surface area contributed by atoms with Crippen LogP contribution in [0.15, 0.2) is 24.3 Å². The molecule has 0 aliphatic heterocycles. The number of amides is 1. The molecule has 6 nitrogen and oxygen atoms in total. The van der Waals surface area contributed by atoms with Crippen molar-refractivity contribution in [3.05, 3.63) is 24.3 Å². The molecule has 474 valence electrons. The van der Waals surface area contributed by atoms with Crippen LogP contribution in [0.2, 0.25) is 0 Å². The van der Waals surface area contributed by atoms with Gasteiger partial charge in [-0.25, -0.2) is 0 Å². The Hall–Kier alpha value is -1.66. The first-order valence-corrected chi connectivity index (χ1v) is 36.6. The molecule has 0 radical (unpaired) electrons. The Morgan fingerprint density at radius 2 is 0.588 bits per heavy atom. The molecule has 0 aromatic rings. The number of aliphatic hydroxyl groups is 2. The average molecular weight is 1130 g/mol. The van der Waals surface area contributed by atoms with Crippen molar-refractivity contribution in [2.45, 2.75) is 424 Å². The number of aliphatic hydroxyl groups excluding tert-OH is 2. The molecule has 3 N–H and O–H groups in total. The second kappa shape index (κ2) is 69.8. The van der Waals surface area contributed by atoms with E-state index < -0.39 is 12.1 Å². The van der Waals surface area contributed by atoms with Crippen LogP contribution in [0.5, 0.6) is 0 Å². The normalized spacial score (nSPS) is 12.6. The Bertz CT molecular complexity index is 1250. The summed E-state index contributed by atoms with van der Waals surface area (Å²) in [6.07, 6.45) is 88.6. The number of nitrogens with one attached hydrogen (secondary N) is 1. The van der Waals surface area contributed by atoms with Crippen molar-refractivity contribution >= 4 is 11.9 Å². The maximum Gasteiger partial charge on any atom is 0.305 e. The zero-order valence-electron chi connectivity index (χ0n) is 54.3. The maximum atomic E-state index is 12.4. The van der Waals surface area contributed by atoms with Crippen molar-refractivity contribution in [1.29, 1.82) is 0 Å². The molecule has 2 unspecified atom stereocenters. The minimum Gasteiger partial charge on any atom is -0.466 e. The number of unbranched alkanes of at least 4 members (excludes halogenated alkanes) is 56. The smallest absolute Gasteiger partial charge is 0.305 e. The second-order valence-electron chi connectivity index (χ2n) is 25.3. The van der Waals surface area contributed by atoms with Crippen molar-refractivity contribution in [1.82, 2.24) is 5.32 Å². The lowest BCUT2D eigenvalue weighted by molar-refractivity contribution is -0.143. The van der Waals surface area contributed by atoms with Gasteiger partial charge in [0.2, 0.25) is 5.91 Å². The van der Waals surface area contributed by atoms with Crippen LogP contribution in [0.25, 0.3) is 0 Å². The Morgan fingerprint density at radius 1 is 0.338 bits per heavy atom. The number of carbonyl (C=O) groups is 2. The van der Waals surface area contributed by atoms with Crippen LogP contribution in [-0.4, -0.2) is 47.4 Å². The lowest BCUT2D eigenvalue weighted by Crippen LogP contribution is -2.45. The van der Waals surface area contributed by atoms with Crippen LogP contribution < -0.4 is 5.32 Å². The van der Waals surface area contributed by atoms with Gasteiger partial charge in [0, 0.05) is 12.8 Å². The molecule has 1 amide bonds. The minimum absolute atomic E-state index is 0.0196. The molecule has 6 heteroatoms. The van der Waals surface area contributed by atoms with E-state index in [1.54, 1.807) is 6.08 Å². The van der Waals surface area contributed by atoms with Crippen LogP contribution >= 0.6 is 0 Å². The third kappa shape index (κ3) is 65.5. The third-order valence-electron chi connectivity index (χ3n) is 17.2. The molecule has 0 bridgehead atoms. The van der Waals surface area contributed by atoms with Crippen LogP contribution in [0, 0.1) is 0 Å². The van der Waals surface area contributed by atoms with Gasteiger partial charge in [0.15, 0.2) is 0 Å². The van der Waals surface area contributed by atoms with Crippen LogP contribution in [0.4, 0.5) is 0 Å². The molecule has 0 heterocycles. The van der Waals surface area contributed by atoms with Crippen molar-refractivity contribution in [3.63, 3.8) is 0 Å². The van der Waals surface area contributed by atoms with Crippen LogP contribution in [0.3, 0.4) is 0 Å². The van der Waals surface area contributed by atoms with Gasteiger partial charge < -0.3 is 20.3 Å². The summed E-state index contributed by atoms with van der Waals surface area (Å²) in [5.74, 6) is -0.0424. The number of rotatable bonds is 69. The second-order valence-corrected chi connectivity index (χ2v) is 25.3. The highest BCUT2D eigenvalue weighted by Gasteiger charge is 2.18. The third-order valence-corrected chi connectivity index (χ3v) is 17.2.